The van der Waals surface area contributed by atoms with Crippen LogP contribution in [0.15, 0.2) is 84.0 Å². The van der Waals surface area contributed by atoms with Crippen molar-refractivity contribution >= 4 is 17.7 Å². The van der Waals surface area contributed by atoms with Gasteiger partial charge in [-0.3, -0.25) is 9.36 Å². The SMILES string of the molecule is Cc1ccc(CNC(=O)CSc2nnc(Cc3ccccc3)n2-c2cccc(C)c2)cc1. The fourth-order valence-corrected chi connectivity index (χ4v) is 4.20. The Bertz CT molecular complexity index is 1190. The van der Waals surface area contributed by atoms with Gasteiger partial charge in [-0.2, -0.15) is 0 Å². The van der Waals surface area contributed by atoms with Gasteiger partial charge in [0.1, 0.15) is 5.82 Å². The van der Waals surface area contributed by atoms with Gasteiger partial charge in [-0.05, 0) is 42.7 Å². The van der Waals surface area contributed by atoms with Crippen LogP contribution in [-0.2, 0) is 17.8 Å². The van der Waals surface area contributed by atoms with E-state index in [0.717, 1.165) is 22.6 Å². The maximum atomic E-state index is 12.5. The van der Waals surface area contributed by atoms with Crippen LogP contribution in [0.1, 0.15) is 28.1 Å². The molecule has 1 aromatic heterocycles. The average molecular weight is 443 g/mol. The van der Waals surface area contributed by atoms with Crippen LogP contribution in [0.3, 0.4) is 0 Å². The lowest BCUT2D eigenvalue weighted by Gasteiger charge is -2.11. The van der Waals surface area contributed by atoms with Gasteiger partial charge in [0, 0.05) is 18.7 Å². The molecule has 4 aromatic rings. The number of carbonyl (C=O) groups is 1. The Morgan fingerprint density at radius 3 is 2.41 bits per heavy atom. The van der Waals surface area contributed by atoms with Crippen LogP contribution in [0.25, 0.3) is 5.69 Å². The van der Waals surface area contributed by atoms with Gasteiger partial charge < -0.3 is 5.32 Å². The standard InChI is InChI=1S/C26H26N4OS/c1-19-11-13-22(14-12-19)17-27-25(31)18-32-26-29-28-24(16-21-8-4-3-5-9-21)30(26)23-10-6-7-20(2)15-23/h3-15H,16-18H2,1-2H3,(H,27,31). The molecule has 1 N–H and O–H groups in total. The van der Waals surface area contributed by atoms with E-state index in [1.165, 1.54) is 22.9 Å². The number of aromatic nitrogens is 3. The first-order valence-corrected chi connectivity index (χ1v) is 11.6. The lowest BCUT2D eigenvalue weighted by atomic mass is 10.1. The molecule has 32 heavy (non-hydrogen) atoms. The van der Waals surface area contributed by atoms with E-state index in [4.69, 9.17) is 0 Å². The summed E-state index contributed by atoms with van der Waals surface area (Å²) in [6.07, 6.45) is 0.669. The molecular weight excluding hydrogens is 416 g/mol. The molecule has 0 saturated carbocycles. The van der Waals surface area contributed by atoms with Gasteiger partial charge in [-0.1, -0.05) is 84.1 Å². The maximum Gasteiger partial charge on any atom is 0.230 e. The Kier molecular flexibility index (Phi) is 7.02. The number of amides is 1. The molecule has 0 aliphatic heterocycles. The van der Waals surface area contributed by atoms with E-state index in [1.807, 2.05) is 42.5 Å². The Labute approximate surface area is 192 Å². The van der Waals surface area contributed by atoms with Crippen LogP contribution < -0.4 is 5.32 Å². The second-order valence-corrected chi connectivity index (χ2v) is 8.73. The molecule has 0 aliphatic carbocycles. The highest BCUT2D eigenvalue weighted by Crippen LogP contribution is 2.24. The second kappa shape index (κ2) is 10.3. The summed E-state index contributed by atoms with van der Waals surface area (Å²) in [5.41, 5.74) is 5.62. The van der Waals surface area contributed by atoms with Gasteiger partial charge in [0.2, 0.25) is 5.91 Å². The number of rotatable bonds is 8. The van der Waals surface area contributed by atoms with Crippen molar-refractivity contribution in [1.29, 1.82) is 0 Å². The van der Waals surface area contributed by atoms with Crippen molar-refractivity contribution in [3.8, 4) is 5.69 Å². The van der Waals surface area contributed by atoms with Crippen molar-refractivity contribution in [2.75, 3.05) is 5.75 Å². The summed E-state index contributed by atoms with van der Waals surface area (Å²) in [6.45, 7) is 4.63. The van der Waals surface area contributed by atoms with E-state index >= 15 is 0 Å². The largest absolute Gasteiger partial charge is 0.351 e. The highest BCUT2D eigenvalue weighted by Gasteiger charge is 2.16. The van der Waals surface area contributed by atoms with Crippen LogP contribution in [0, 0.1) is 13.8 Å². The first kappa shape index (κ1) is 21.8. The molecule has 0 saturated heterocycles. The summed E-state index contributed by atoms with van der Waals surface area (Å²) in [4.78, 5) is 12.5. The van der Waals surface area contributed by atoms with Crippen LogP contribution in [0.5, 0.6) is 0 Å². The van der Waals surface area contributed by atoms with Crippen molar-refractivity contribution in [3.05, 3.63) is 107 Å². The van der Waals surface area contributed by atoms with E-state index in [9.17, 15) is 4.79 Å². The zero-order valence-corrected chi connectivity index (χ0v) is 19.1. The molecule has 0 spiro atoms. The number of nitrogens with zero attached hydrogens (tertiary/aromatic N) is 3. The molecule has 0 unspecified atom stereocenters. The van der Waals surface area contributed by atoms with E-state index in [1.54, 1.807) is 0 Å². The van der Waals surface area contributed by atoms with Crippen LogP contribution in [0.4, 0.5) is 0 Å². The van der Waals surface area contributed by atoms with Crippen LogP contribution in [0.2, 0.25) is 0 Å². The Hall–Kier alpha value is -3.38. The van der Waals surface area contributed by atoms with Gasteiger partial charge in [-0.15, -0.1) is 10.2 Å². The maximum absolute atomic E-state index is 12.5. The molecule has 1 amide bonds. The molecule has 0 aliphatic rings. The van der Waals surface area contributed by atoms with Gasteiger partial charge in [0.05, 0.1) is 5.75 Å². The third-order valence-electron chi connectivity index (χ3n) is 5.11. The third-order valence-corrected chi connectivity index (χ3v) is 6.04. The lowest BCUT2D eigenvalue weighted by Crippen LogP contribution is -2.24. The van der Waals surface area contributed by atoms with Crippen LogP contribution in [-0.4, -0.2) is 26.4 Å². The van der Waals surface area contributed by atoms with Crippen LogP contribution >= 0.6 is 11.8 Å². The molecule has 6 heteroatoms. The highest BCUT2D eigenvalue weighted by molar-refractivity contribution is 7.99. The van der Waals surface area contributed by atoms with Crippen molar-refractivity contribution in [3.63, 3.8) is 0 Å². The summed E-state index contributed by atoms with van der Waals surface area (Å²) in [6, 6.07) is 26.6. The van der Waals surface area contributed by atoms with Gasteiger partial charge in [0.15, 0.2) is 5.16 Å². The number of hydrogen-bond donors (Lipinski definition) is 1. The zero-order valence-electron chi connectivity index (χ0n) is 18.3. The first-order valence-electron chi connectivity index (χ1n) is 10.6. The molecule has 0 fully saturated rings. The minimum atomic E-state index is -0.0287. The topological polar surface area (TPSA) is 59.8 Å². The number of carbonyl (C=O) groups excluding carboxylic acids is 1. The molecule has 4 rings (SSSR count). The first-order chi connectivity index (χ1) is 15.6. The zero-order chi connectivity index (χ0) is 22.3. The predicted octanol–water partition coefficient (Wildman–Crippen LogP) is 4.88. The molecule has 0 atom stereocenters. The smallest absolute Gasteiger partial charge is 0.230 e. The minimum Gasteiger partial charge on any atom is -0.351 e. The minimum absolute atomic E-state index is 0.0287. The van der Waals surface area contributed by atoms with E-state index in [-0.39, 0.29) is 11.7 Å². The van der Waals surface area contributed by atoms with Crippen molar-refractivity contribution in [2.24, 2.45) is 0 Å². The van der Waals surface area contributed by atoms with E-state index in [0.29, 0.717) is 18.1 Å². The summed E-state index contributed by atoms with van der Waals surface area (Å²) in [7, 11) is 0. The molecular formula is C26H26N4OS. The van der Waals surface area contributed by atoms with Crippen molar-refractivity contribution in [2.45, 2.75) is 32.0 Å². The van der Waals surface area contributed by atoms with Crippen molar-refractivity contribution in [1.82, 2.24) is 20.1 Å². The Morgan fingerprint density at radius 2 is 1.66 bits per heavy atom. The molecule has 5 nitrogen and oxygen atoms in total. The van der Waals surface area contributed by atoms with E-state index < -0.39 is 0 Å². The number of nitrogens with one attached hydrogen (secondary N) is 1. The average Bonchev–Trinajstić information content (AvgIpc) is 3.20. The number of aryl methyl sites for hydroxylation is 2. The number of benzene rings is 3. The van der Waals surface area contributed by atoms with E-state index in [2.05, 4.69) is 70.3 Å². The Morgan fingerprint density at radius 1 is 0.875 bits per heavy atom. The quantitative estimate of drug-likeness (QED) is 0.395. The second-order valence-electron chi connectivity index (χ2n) is 7.79. The summed E-state index contributed by atoms with van der Waals surface area (Å²) in [5, 5.41) is 12.6. The summed E-state index contributed by atoms with van der Waals surface area (Å²) in [5.74, 6) is 1.10. The molecule has 0 radical (unpaired) electrons. The normalized spacial score (nSPS) is 10.8. The lowest BCUT2D eigenvalue weighted by molar-refractivity contribution is -0.118. The molecule has 162 valence electrons. The van der Waals surface area contributed by atoms with Gasteiger partial charge in [0.25, 0.3) is 0 Å². The van der Waals surface area contributed by atoms with Gasteiger partial charge >= 0.3 is 0 Å². The summed E-state index contributed by atoms with van der Waals surface area (Å²) < 4.78 is 2.05. The Balaban J connectivity index is 1.49. The molecule has 3 aromatic carbocycles. The monoisotopic (exact) mass is 442 g/mol. The summed E-state index contributed by atoms with van der Waals surface area (Å²) >= 11 is 1.40. The number of hydrogen-bond acceptors (Lipinski definition) is 4. The predicted molar refractivity (Wildman–Crippen MR) is 129 cm³/mol. The third kappa shape index (κ3) is 5.65. The number of thioether (sulfide) groups is 1. The fraction of sp³-hybridized carbons (Fsp3) is 0.192. The van der Waals surface area contributed by atoms with Crippen molar-refractivity contribution < 1.29 is 4.79 Å². The fourth-order valence-electron chi connectivity index (χ4n) is 3.40. The highest BCUT2D eigenvalue weighted by atomic mass is 32.2. The molecule has 1 heterocycles. The molecule has 0 bridgehead atoms. The van der Waals surface area contributed by atoms with Gasteiger partial charge in [-0.25, -0.2) is 0 Å².